The maximum absolute atomic E-state index is 5.58. The second kappa shape index (κ2) is 5.20. The summed E-state index contributed by atoms with van der Waals surface area (Å²) in [7, 11) is 3.57. The zero-order valence-corrected chi connectivity index (χ0v) is 11.5. The Morgan fingerprint density at radius 1 is 1.44 bits per heavy atom. The van der Waals surface area contributed by atoms with Crippen molar-refractivity contribution in [2.75, 3.05) is 26.1 Å². The Morgan fingerprint density at radius 2 is 2.22 bits per heavy atom. The van der Waals surface area contributed by atoms with E-state index in [0.717, 1.165) is 42.3 Å². The van der Waals surface area contributed by atoms with Crippen molar-refractivity contribution in [3.05, 3.63) is 17.1 Å². The molecule has 18 heavy (non-hydrogen) atoms. The minimum absolute atomic E-state index is 0.432. The van der Waals surface area contributed by atoms with Crippen molar-refractivity contribution < 1.29 is 9.47 Å². The minimum atomic E-state index is -0.432. The zero-order chi connectivity index (χ0) is 13.2. The van der Waals surface area contributed by atoms with Crippen LogP contribution in [0, 0.1) is 0 Å². The summed E-state index contributed by atoms with van der Waals surface area (Å²) < 4.78 is 11.0. The highest BCUT2D eigenvalue weighted by Gasteiger charge is 2.30. The molecule has 0 spiro atoms. The Bertz CT molecular complexity index is 413. The van der Waals surface area contributed by atoms with Gasteiger partial charge in [-0.05, 0) is 13.3 Å². The lowest BCUT2D eigenvalue weighted by molar-refractivity contribution is -0.00943. The number of nitrogens with one attached hydrogen (secondary N) is 1. The maximum atomic E-state index is 5.58. The summed E-state index contributed by atoms with van der Waals surface area (Å²) in [6.07, 6.45) is 1.67. The molecular weight excluding hydrogens is 230 g/mol. The lowest BCUT2D eigenvalue weighted by atomic mass is 10.0. The molecule has 2 rings (SSSR count). The first-order valence-corrected chi connectivity index (χ1v) is 6.35. The summed E-state index contributed by atoms with van der Waals surface area (Å²) >= 11 is 0. The van der Waals surface area contributed by atoms with Gasteiger partial charge in [-0.3, -0.25) is 0 Å². The summed E-state index contributed by atoms with van der Waals surface area (Å²) in [5.74, 6) is 1.60. The largest absolute Gasteiger partial charge is 0.376 e. The van der Waals surface area contributed by atoms with Crippen molar-refractivity contribution in [3.63, 3.8) is 0 Å². The molecule has 1 unspecified atom stereocenters. The molecule has 1 aromatic rings. The summed E-state index contributed by atoms with van der Waals surface area (Å²) in [5.41, 5.74) is 1.72. The molecule has 1 aliphatic rings. The molecule has 2 heterocycles. The molecule has 1 atom stereocenters. The van der Waals surface area contributed by atoms with Crippen molar-refractivity contribution in [1.29, 1.82) is 0 Å². The van der Waals surface area contributed by atoms with E-state index in [4.69, 9.17) is 9.47 Å². The summed E-state index contributed by atoms with van der Waals surface area (Å²) in [4.78, 5) is 9.27. The molecule has 0 radical (unpaired) electrons. The van der Waals surface area contributed by atoms with Gasteiger partial charge < -0.3 is 14.8 Å². The summed E-state index contributed by atoms with van der Waals surface area (Å²) in [6, 6.07) is 0. The lowest BCUT2D eigenvalue weighted by Crippen LogP contribution is -2.29. The van der Waals surface area contributed by atoms with Gasteiger partial charge in [-0.15, -0.1) is 0 Å². The number of hydrogen-bond acceptors (Lipinski definition) is 5. The Labute approximate surface area is 108 Å². The van der Waals surface area contributed by atoms with Crippen molar-refractivity contribution in [2.24, 2.45) is 0 Å². The SMILES string of the molecule is CCC(C)(OC)c1nc2c(c(NC)n1)COCC2. The second-order valence-corrected chi connectivity index (χ2v) is 4.66. The average molecular weight is 251 g/mol. The fraction of sp³-hybridized carbons (Fsp3) is 0.692. The van der Waals surface area contributed by atoms with Crippen molar-refractivity contribution in [1.82, 2.24) is 9.97 Å². The summed E-state index contributed by atoms with van der Waals surface area (Å²) in [6.45, 7) is 5.41. The predicted molar refractivity (Wildman–Crippen MR) is 69.6 cm³/mol. The van der Waals surface area contributed by atoms with Crippen LogP contribution in [0.25, 0.3) is 0 Å². The van der Waals surface area contributed by atoms with Gasteiger partial charge >= 0.3 is 0 Å². The zero-order valence-electron chi connectivity index (χ0n) is 11.5. The molecule has 1 aromatic heterocycles. The molecule has 1 N–H and O–H groups in total. The van der Waals surface area contributed by atoms with E-state index >= 15 is 0 Å². The van der Waals surface area contributed by atoms with Gasteiger partial charge in [0.25, 0.3) is 0 Å². The van der Waals surface area contributed by atoms with E-state index in [0.29, 0.717) is 6.61 Å². The average Bonchev–Trinajstić information content (AvgIpc) is 2.45. The van der Waals surface area contributed by atoms with Crippen LogP contribution in [0.5, 0.6) is 0 Å². The van der Waals surface area contributed by atoms with E-state index in [1.54, 1.807) is 7.11 Å². The first-order valence-electron chi connectivity index (χ1n) is 6.35. The van der Waals surface area contributed by atoms with Crippen LogP contribution >= 0.6 is 0 Å². The lowest BCUT2D eigenvalue weighted by Gasteiger charge is -2.27. The molecule has 0 aromatic carbocycles. The van der Waals surface area contributed by atoms with Gasteiger partial charge in [-0.2, -0.15) is 0 Å². The molecule has 5 heteroatoms. The van der Waals surface area contributed by atoms with E-state index in [-0.39, 0.29) is 0 Å². The van der Waals surface area contributed by atoms with Gasteiger partial charge in [0, 0.05) is 26.1 Å². The smallest absolute Gasteiger partial charge is 0.162 e. The molecule has 5 nitrogen and oxygen atoms in total. The maximum Gasteiger partial charge on any atom is 0.162 e. The Hall–Kier alpha value is -1.20. The molecular formula is C13H21N3O2. The number of rotatable bonds is 4. The van der Waals surface area contributed by atoms with E-state index in [2.05, 4.69) is 22.2 Å². The standard InChI is InChI=1S/C13H21N3O2/c1-5-13(2,17-4)12-15-10-6-7-18-8-9(10)11(14-3)16-12/h5-8H2,1-4H3,(H,14,15,16). The van der Waals surface area contributed by atoms with Crippen LogP contribution in [0.1, 0.15) is 37.4 Å². The number of nitrogens with zero attached hydrogens (tertiary/aromatic N) is 2. The van der Waals surface area contributed by atoms with Crippen molar-refractivity contribution >= 4 is 5.82 Å². The monoisotopic (exact) mass is 251 g/mol. The van der Waals surface area contributed by atoms with Crippen LogP contribution in [-0.2, 0) is 28.1 Å². The van der Waals surface area contributed by atoms with Gasteiger partial charge in [-0.1, -0.05) is 6.92 Å². The highest BCUT2D eigenvalue weighted by molar-refractivity contribution is 5.47. The van der Waals surface area contributed by atoms with Crippen LogP contribution in [0.15, 0.2) is 0 Å². The molecule has 0 amide bonds. The minimum Gasteiger partial charge on any atom is -0.376 e. The number of ether oxygens (including phenoxy) is 2. The van der Waals surface area contributed by atoms with Crippen molar-refractivity contribution in [3.8, 4) is 0 Å². The number of hydrogen-bond donors (Lipinski definition) is 1. The number of fused-ring (bicyclic) bond motifs is 1. The quantitative estimate of drug-likeness (QED) is 0.885. The first kappa shape index (κ1) is 13.2. The molecule has 0 aliphatic carbocycles. The van der Waals surface area contributed by atoms with Crippen LogP contribution in [0.3, 0.4) is 0 Å². The van der Waals surface area contributed by atoms with Gasteiger partial charge in [0.15, 0.2) is 5.82 Å². The highest BCUT2D eigenvalue weighted by Crippen LogP contribution is 2.29. The van der Waals surface area contributed by atoms with Gasteiger partial charge in [0.2, 0.25) is 0 Å². The van der Waals surface area contributed by atoms with Crippen LogP contribution in [0.2, 0.25) is 0 Å². The first-order chi connectivity index (χ1) is 8.64. The second-order valence-electron chi connectivity index (χ2n) is 4.66. The highest BCUT2D eigenvalue weighted by atomic mass is 16.5. The third kappa shape index (κ3) is 2.20. The van der Waals surface area contributed by atoms with Gasteiger partial charge in [0.1, 0.15) is 11.4 Å². The molecule has 0 saturated carbocycles. The Morgan fingerprint density at radius 3 is 2.83 bits per heavy atom. The van der Waals surface area contributed by atoms with Crippen LogP contribution in [0.4, 0.5) is 5.82 Å². The predicted octanol–water partition coefficient (Wildman–Crippen LogP) is 1.86. The number of aromatic nitrogens is 2. The van der Waals surface area contributed by atoms with Crippen molar-refractivity contribution in [2.45, 2.75) is 38.9 Å². The molecule has 1 aliphatic heterocycles. The molecule has 100 valence electrons. The van der Waals surface area contributed by atoms with Crippen LogP contribution < -0.4 is 5.32 Å². The Kier molecular flexibility index (Phi) is 3.82. The van der Waals surface area contributed by atoms with Gasteiger partial charge in [-0.25, -0.2) is 9.97 Å². The van der Waals surface area contributed by atoms with E-state index in [1.807, 2.05) is 14.0 Å². The third-order valence-electron chi connectivity index (χ3n) is 3.66. The number of anilines is 1. The Balaban J connectivity index is 2.50. The van der Waals surface area contributed by atoms with E-state index < -0.39 is 5.60 Å². The molecule has 0 fully saturated rings. The van der Waals surface area contributed by atoms with E-state index in [9.17, 15) is 0 Å². The van der Waals surface area contributed by atoms with E-state index in [1.165, 1.54) is 0 Å². The fourth-order valence-corrected chi connectivity index (χ4v) is 2.07. The normalized spacial score (nSPS) is 18.0. The van der Waals surface area contributed by atoms with Gasteiger partial charge in [0.05, 0.1) is 18.9 Å². The molecule has 0 bridgehead atoms. The number of methoxy groups -OCH3 is 1. The van der Waals surface area contributed by atoms with Crippen LogP contribution in [-0.4, -0.2) is 30.7 Å². The third-order valence-corrected chi connectivity index (χ3v) is 3.66. The topological polar surface area (TPSA) is 56.3 Å². The summed E-state index contributed by atoms with van der Waals surface area (Å²) in [5, 5.41) is 3.13. The fourth-order valence-electron chi connectivity index (χ4n) is 2.07. The molecule has 0 saturated heterocycles.